The molecular weight excluding hydrogens is 186 g/mol. The second-order valence-corrected chi connectivity index (χ2v) is 4.48. The number of benzene rings is 1. The monoisotopic (exact) mass is 207 g/mol. The minimum atomic E-state index is -0.269. The third-order valence-corrected chi connectivity index (χ3v) is 2.76. The highest BCUT2D eigenvalue weighted by Crippen LogP contribution is 2.18. The lowest BCUT2D eigenvalue weighted by Gasteiger charge is -2.26. The van der Waals surface area contributed by atoms with E-state index >= 15 is 0 Å². The van der Waals surface area contributed by atoms with Gasteiger partial charge in [0.15, 0.2) is 0 Å². The van der Waals surface area contributed by atoms with Crippen molar-refractivity contribution in [2.45, 2.75) is 26.9 Å². The fraction of sp³-hybridized carbons (Fsp3) is 0.538. The van der Waals surface area contributed by atoms with Gasteiger partial charge in [0.25, 0.3) is 0 Å². The zero-order valence-electron chi connectivity index (χ0n) is 10.1. The van der Waals surface area contributed by atoms with Gasteiger partial charge in [-0.15, -0.1) is 0 Å². The Balaban J connectivity index is 2.69. The van der Waals surface area contributed by atoms with E-state index in [1.54, 1.807) is 0 Å². The summed E-state index contributed by atoms with van der Waals surface area (Å²) in [6.45, 7) is 6.85. The molecule has 0 radical (unpaired) electrons. The van der Waals surface area contributed by atoms with Crippen molar-refractivity contribution in [2.24, 2.45) is 5.92 Å². The van der Waals surface area contributed by atoms with Crippen molar-refractivity contribution in [3.63, 3.8) is 0 Å². The summed E-state index contributed by atoms with van der Waals surface area (Å²) < 4.78 is 0. The van der Waals surface area contributed by atoms with Gasteiger partial charge in [0.2, 0.25) is 0 Å². The van der Waals surface area contributed by atoms with Crippen LogP contribution in [0.15, 0.2) is 24.3 Å². The Labute approximate surface area is 92.5 Å². The summed E-state index contributed by atoms with van der Waals surface area (Å²) in [5.41, 5.74) is 2.44. The Morgan fingerprint density at radius 1 is 1.27 bits per heavy atom. The van der Waals surface area contributed by atoms with Gasteiger partial charge in [-0.3, -0.25) is 0 Å². The van der Waals surface area contributed by atoms with Gasteiger partial charge in [-0.2, -0.15) is 0 Å². The van der Waals surface area contributed by atoms with Crippen molar-refractivity contribution in [1.29, 1.82) is 0 Å². The van der Waals surface area contributed by atoms with Crippen LogP contribution in [0.25, 0.3) is 0 Å². The fourth-order valence-corrected chi connectivity index (χ4v) is 1.58. The Bertz CT molecular complexity index is 309. The standard InChI is InChI=1S/C13H21NO/c1-10(2)13(15)9-14(4)12-8-6-5-7-11(12)3/h5-8,10,13,15H,9H2,1-4H3. The molecule has 0 aliphatic rings. The number of hydrogen-bond donors (Lipinski definition) is 1. The smallest absolute Gasteiger partial charge is 0.0737 e. The maximum Gasteiger partial charge on any atom is 0.0737 e. The van der Waals surface area contributed by atoms with Crippen LogP contribution in [0.3, 0.4) is 0 Å². The SMILES string of the molecule is Cc1ccccc1N(C)CC(O)C(C)C. The number of likely N-dealkylation sites (N-methyl/N-ethyl adjacent to an activating group) is 1. The summed E-state index contributed by atoms with van der Waals surface area (Å²) in [4.78, 5) is 2.11. The maximum atomic E-state index is 9.81. The van der Waals surface area contributed by atoms with Crippen molar-refractivity contribution < 1.29 is 5.11 Å². The molecule has 0 aliphatic carbocycles. The first-order valence-electron chi connectivity index (χ1n) is 5.47. The van der Waals surface area contributed by atoms with Gasteiger partial charge in [0.1, 0.15) is 0 Å². The highest BCUT2D eigenvalue weighted by atomic mass is 16.3. The topological polar surface area (TPSA) is 23.5 Å². The summed E-state index contributed by atoms with van der Waals surface area (Å²) in [5, 5.41) is 9.81. The van der Waals surface area contributed by atoms with Crippen LogP contribution in [0.2, 0.25) is 0 Å². The molecule has 1 atom stereocenters. The van der Waals surface area contributed by atoms with E-state index in [4.69, 9.17) is 0 Å². The maximum absolute atomic E-state index is 9.81. The van der Waals surface area contributed by atoms with E-state index in [-0.39, 0.29) is 6.10 Å². The van der Waals surface area contributed by atoms with Crippen LogP contribution in [0.5, 0.6) is 0 Å². The van der Waals surface area contributed by atoms with Gasteiger partial charge in [-0.05, 0) is 24.5 Å². The lowest BCUT2D eigenvalue weighted by atomic mass is 10.1. The van der Waals surface area contributed by atoms with Crippen LogP contribution in [0.4, 0.5) is 5.69 Å². The van der Waals surface area contributed by atoms with E-state index in [2.05, 4.69) is 24.0 Å². The number of aliphatic hydroxyl groups is 1. The average molecular weight is 207 g/mol. The van der Waals surface area contributed by atoms with Crippen molar-refractivity contribution >= 4 is 5.69 Å². The number of nitrogens with zero attached hydrogens (tertiary/aromatic N) is 1. The molecule has 0 heterocycles. The second kappa shape index (κ2) is 5.17. The number of aryl methyl sites for hydroxylation is 1. The molecule has 0 spiro atoms. The molecule has 1 rings (SSSR count). The molecular formula is C13H21NO. The summed E-state index contributed by atoms with van der Waals surface area (Å²) in [6.07, 6.45) is -0.269. The molecule has 0 aromatic heterocycles. The van der Waals surface area contributed by atoms with Crippen molar-refractivity contribution in [1.82, 2.24) is 0 Å². The van der Waals surface area contributed by atoms with E-state index in [1.807, 2.05) is 33.0 Å². The minimum Gasteiger partial charge on any atom is -0.391 e. The molecule has 0 saturated heterocycles. The number of anilines is 1. The van der Waals surface area contributed by atoms with E-state index in [0.717, 1.165) is 0 Å². The van der Waals surface area contributed by atoms with Crippen LogP contribution in [0, 0.1) is 12.8 Å². The zero-order chi connectivity index (χ0) is 11.4. The number of rotatable bonds is 4. The number of aliphatic hydroxyl groups excluding tert-OH is 1. The Kier molecular flexibility index (Phi) is 4.15. The second-order valence-electron chi connectivity index (χ2n) is 4.48. The number of hydrogen-bond acceptors (Lipinski definition) is 2. The Morgan fingerprint density at radius 2 is 1.87 bits per heavy atom. The van der Waals surface area contributed by atoms with Crippen molar-refractivity contribution in [2.75, 3.05) is 18.5 Å². The van der Waals surface area contributed by atoms with Crippen LogP contribution in [-0.4, -0.2) is 24.8 Å². The summed E-state index contributed by atoms with van der Waals surface area (Å²) in [6, 6.07) is 8.24. The van der Waals surface area contributed by atoms with Gasteiger partial charge in [0, 0.05) is 19.3 Å². The molecule has 15 heavy (non-hydrogen) atoms. The summed E-state index contributed by atoms with van der Waals surface area (Å²) >= 11 is 0. The van der Waals surface area contributed by atoms with Gasteiger partial charge in [-0.25, -0.2) is 0 Å². The zero-order valence-corrected chi connectivity index (χ0v) is 10.1. The third-order valence-electron chi connectivity index (χ3n) is 2.76. The molecule has 1 N–H and O–H groups in total. The molecule has 1 unspecified atom stereocenters. The van der Waals surface area contributed by atoms with Gasteiger partial charge >= 0.3 is 0 Å². The predicted molar refractivity (Wildman–Crippen MR) is 65.3 cm³/mol. The normalized spacial score (nSPS) is 12.9. The number of para-hydroxylation sites is 1. The molecule has 0 saturated carbocycles. The van der Waals surface area contributed by atoms with Crippen LogP contribution >= 0.6 is 0 Å². The van der Waals surface area contributed by atoms with Gasteiger partial charge < -0.3 is 10.0 Å². The highest BCUT2D eigenvalue weighted by molar-refractivity contribution is 5.52. The first-order valence-corrected chi connectivity index (χ1v) is 5.47. The third kappa shape index (κ3) is 3.24. The van der Waals surface area contributed by atoms with E-state index in [9.17, 15) is 5.11 Å². The largest absolute Gasteiger partial charge is 0.391 e. The highest BCUT2D eigenvalue weighted by Gasteiger charge is 2.13. The quantitative estimate of drug-likeness (QED) is 0.819. The van der Waals surface area contributed by atoms with Crippen LogP contribution < -0.4 is 4.90 Å². The minimum absolute atomic E-state index is 0.269. The first kappa shape index (κ1) is 12.1. The molecule has 2 heteroatoms. The van der Waals surface area contributed by atoms with Gasteiger partial charge in [0.05, 0.1) is 6.10 Å². The molecule has 84 valence electrons. The predicted octanol–water partition coefficient (Wildman–Crippen LogP) is 2.45. The Hall–Kier alpha value is -1.02. The molecule has 0 amide bonds. The van der Waals surface area contributed by atoms with E-state index in [1.165, 1.54) is 11.3 Å². The van der Waals surface area contributed by atoms with E-state index in [0.29, 0.717) is 12.5 Å². The average Bonchev–Trinajstić information content (AvgIpc) is 2.18. The van der Waals surface area contributed by atoms with Crippen LogP contribution in [0.1, 0.15) is 19.4 Å². The molecule has 0 bridgehead atoms. The van der Waals surface area contributed by atoms with Crippen molar-refractivity contribution in [3.05, 3.63) is 29.8 Å². The Morgan fingerprint density at radius 3 is 2.40 bits per heavy atom. The lowest BCUT2D eigenvalue weighted by Crippen LogP contribution is -2.32. The lowest BCUT2D eigenvalue weighted by molar-refractivity contribution is 0.132. The molecule has 1 aromatic rings. The van der Waals surface area contributed by atoms with E-state index < -0.39 is 0 Å². The van der Waals surface area contributed by atoms with Gasteiger partial charge in [-0.1, -0.05) is 32.0 Å². The summed E-state index contributed by atoms with van der Waals surface area (Å²) in [5.74, 6) is 0.302. The van der Waals surface area contributed by atoms with Crippen molar-refractivity contribution in [3.8, 4) is 0 Å². The fourth-order valence-electron chi connectivity index (χ4n) is 1.58. The molecule has 0 fully saturated rings. The molecule has 0 aliphatic heterocycles. The van der Waals surface area contributed by atoms with Crippen LogP contribution in [-0.2, 0) is 0 Å². The molecule has 2 nitrogen and oxygen atoms in total. The molecule has 1 aromatic carbocycles. The first-order chi connectivity index (χ1) is 7.02. The summed E-state index contributed by atoms with van der Waals surface area (Å²) in [7, 11) is 2.02.